The van der Waals surface area contributed by atoms with Crippen LogP contribution in [0, 0.1) is 0 Å². The molecule has 0 aliphatic rings. The molecule has 2 aromatic rings. The van der Waals surface area contributed by atoms with Crippen molar-refractivity contribution in [3.05, 3.63) is 5.82 Å². The molecule has 0 fully saturated rings. The van der Waals surface area contributed by atoms with Crippen LogP contribution in [0.5, 0.6) is 0 Å². The molecular weight excluding hydrogens is 257 g/mol. The number of hydrogen-bond donors (Lipinski definition) is 2. The molecule has 3 N–H and O–H groups in total. The largest absolute Gasteiger partial charge is 0.411 e. The van der Waals surface area contributed by atoms with Gasteiger partial charge < -0.3 is 15.0 Å². The van der Waals surface area contributed by atoms with Gasteiger partial charge in [0.25, 0.3) is 5.89 Å². The number of ether oxygens (including phenoxy) is 1. The minimum Gasteiger partial charge on any atom is -0.366 e. The molecular formula is C7H7F3N6O2. The van der Waals surface area contributed by atoms with Gasteiger partial charge in [-0.3, -0.25) is 5.10 Å². The van der Waals surface area contributed by atoms with Gasteiger partial charge in [0.15, 0.2) is 5.82 Å². The molecule has 2 rings (SSSR count). The van der Waals surface area contributed by atoms with Crippen molar-refractivity contribution in [1.82, 2.24) is 25.3 Å². The molecule has 0 aromatic carbocycles. The van der Waals surface area contributed by atoms with E-state index in [2.05, 4.69) is 30.1 Å². The molecule has 98 valence electrons. The summed E-state index contributed by atoms with van der Waals surface area (Å²) < 4.78 is 44.5. The number of H-pyrrole nitrogens is 1. The number of nitrogens with two attached hydrogens (primary N) is 1. The van der Waals surface area contributed by atoms with Crippen LogP contribution in [0.4, 0.5) is 19.1 Å². The van der Waals surface area contributed by atoms with Crippen molar-refractivity contribution in [2.45, 2.75) is 12.8 Å². The lowest BCUT2D eigenvalue weighted by Crippen LogP contribution is -2.16. The van der Waals surface area contributed by atoms with Crippen molar-refractivity contribution < 1.29 is 22.4 Å². The predicted octanol–water partition coefficient (Wildman–Crippen LogP) is 0.516. The number of halogens is 3. The first kappa shape index (κ1) is 12.3. The third-order valence-electron chi connectivity index (χ3n) is 1.67. The van der Waals surface area contributed by atoms with E-state index in [0.29, 0.717) is 0 Å². The van der Waals surface area contributed by atoms with Crippen LogP contribution in [-0.2, 0) is 11.3 Å². The molecule has 2 heterocycles. The van der Waals surface area contributed by atoms with Crippen molar-refractivity contribution in [3.63, 3.8) is 0 Å². The Morgan fingerprint density at radius 3 is 2.72 bits per heavy atom. The first-order valence-electron chi connectivity index (χ1n) is 4.59. The summed E-state index contributed by atoms with van der Waals surface area (Å²) in [6.45, 7) is -1.81. The van der Waals surface area contributed by atoms with E-state index < -0.39 is 19.4 Å². The number of aromatic nitrogens is 5. The number of hydrogen-bond acceptors (Lipinski definition) is 7. The Hall–Kier alpha value is -2.17. The van der Waals surface area contributed by atoms with Gasteiger partial charge in [-0.1, -0.05) is 5.16 Å². The van der Waals surface area contributed by atoms with E-state index in [4.69, 9.17) is 10.3 Å². The van der Waals surface area contributed by atoms with Crippen LogP contribution in [-0.4, -0.2) is 38.1 Å². The van der Waals surface area contributed by atoms with Gasteiger partial charge in [0, 0.05) is 0 Å². The summed E-state index contributed by atoms with van der Waals surface area (Å²) in [7, 11) is 0. The fraction of sp³-hybridized carbons (Fsp3) is 0.429. The average Bonchev–Trinajstić information content (AvgIpc) is 2.85. The molecule has 0 saturated heterocycles. The normalized spacial score (nSPS) is 11.9. The summed E-state index contributed by atoms with van der Waals surface area (Å²) in [5.41, 5.74) is 5.26. The highest BCUT2D eigenvalue weighted by Crippen LogP contribution is 2.16. The van der Waals surface area contributed by atoms with Gasteiger partial charge >= 0.3 is 6.18 Å². The SMILES string of the molecule is Nc1n[nH]c(-c2nc(COCC(F)(F)F)no2)n1. The minimum absolute atomic E-state index is 0.0157. The lowest BCUT2D eigenvalue weighted by atomic mass is 10.6. The highest BCUT2D eigenvalue weighted by Gasteiger charge is 2.27. The van der Waals surface area contributed by atoms with Gasteiger partial charge in [-0.2, -0.15) is 23.1 Å². The number of aromatic amines is 1. The van der Waals surface area contributed by atoms with Crippen LogP contribution >= 0.6 is 0 Å². The second-order valence-electron chi connectivity index (χ2n) is 3.17. The lowest BCUT2D eigenvalue weighted by Gasteiger charge is -2.04. The minimum atomic E-state index is -4.40. The topological polar surface area (TPSA) is 116 Å². The Kier molecular flexibility index (Phi) is 3.14. The zero-order valence-corrected chi connectivity index (χ0v) is 8.73. The highest BCUT2D eigenvalue weighted by molar-refractivity contribution is 5.41. The van der Waals surface area contributed by atoms with Crippen LogP contribution in [0.3, 0.4) is 0 Å². The van der Waals surface area contributed by atoms with Crippen LogP contribution in [0.15, 0.2) is 4.52 Å². The molecule has 0 radical (unpaired) electrons. The quantitative estimate of drug-likeness (QED) is 0.826. The maximum absolute atomic E-state index is 11.8. The third kappa shape index (κ3) is 3.16. The van der Waals surface area contributed by atoms with E-state index in [9.17, 15) is 13.2 Å². The van der Waals surface area contributed by atoms with Gasteiger partial charge in [-0.05, 0) is 0 Å². The molecule has 0 aliphatic heterocycles. The summed E-state index contributed by atoms with van der Waals surface area (Å²) in [5, 5.41) is 9.36. The first-order valence-corrected chi connectivity index (χ1v) is 4.59. The van der Waals surface area contributed by atoms with E-state index in [1.807, 2.05) is 0 Å². The molecule has 11 heteroatoms. The summed E-state index contributed by atoms with van der Waals surface area (Å²) >= 11 is 0. The Balaban J connectivity index is 1.94. The summed E-state index contributed by atoms with van der Waals surface area (Å²) in [5.74, 6) is 0.0363. The fourth-order valence-electron chi connectivity index (χ4n) is 1.04. The van der Waals surface area contributed by atoms with Gasteiger partial charge in [0.05, 0.1) is 0 Å². The Morgan fingerprint density at radius 1 is 1.33 bits per heavy atom. The highest BCUT2D eigenvalue weighted by atomic mass is 19.4. The maximum atomic E-state index is 11.8. The second-order valence-corrected chi connectivity index (χ2v) is 3.17. The number of nitrogens with one attached hydrogen (secondary N) is 1. The van der Waals surface area contributed by atoms with Crippen LogP contribution in [0.25, 0.3) is 11.7 Å². The van der Waals surface area contributed by atoms with Gasteiger partial charge in [0.2, 0.25) is 11.8 Å². The molecule has 0 spiro atoms. The van der Waals surface area contributed by atoms with Gasteiger partial charge in [-0.25, -0.2) is 0 Å². The Bertz CT molecular complexity index is 521. The van der Waals surface area contributed by atoms with Crippen molar-refractivity contribution in [1.29, 1.82) is 0 Å². The lowest BCUT2D eigenvalue weighted by molar-refractivity contribution is -0.177. The second kappa shape index (κ2) is 4.60. The number of alkyl halides is 3. The molecule has 0 atom stereocenters. The number of nitrogen functional groups attached to an aromatic ring is 1. The summed E-state index contributed by atoms with van der Waals surface area (Å²) in [4.78, 5) is 7.46. The average molecular weight is 264 g/mol. The molecule has 2 aromatic heterocycles. The van der Waals surface area contributed by atoms with Gasteiger partial charge in [0.1, 0.15) is 13.2 Å². The number of nitrogens with zero attached hydrogens (tertiary/aromatic N) is 4. The van der Waals surface area contributed by atoms with E-state index >= 15 is 0 Å². The van der Waals surface area contributed by atoms with Crippen LogP contribution in [0.1, 0.15) is 5.82 Å². The smallest absolute Gasteiger partial charge is 0.366 e. The molecule has 0 saturated carbocycles. The molecule has 0 aliphatic carbocycles. The zero-order valence-electron chi connectivity index (χ0n) is 8.73. The monoisotopic (exact) mass is 264 g/mol. The van der Waals surface area contributed by atoms with Crippen molar-refractivity contribution >= 4 is 5.95 Å². The Labute approximate surface area is 97.3 Å². The van der Waals surface area contributed by atoms with E-state index in [0.717, 1.165) is 0 Å². The van der Waals surface area contributed by atoms with Crippen molar-refractivity contribution in [2.24, 2.45) is 0 Å². The van der Waals surface area contributed by atoms with Crippen LogP contribution in [0.2, 0.25) is 0 Å². The van der Waals surface area contributed by atoms with E-state index in [1.165, 1.54) is 0 Å². The van der Waals surface area contributed by atoms with Gasteiger partial charge in [-0.15, -0.1) is 5.10 Å². The fourth-order valence-corrected chi connectivity index (χ4v) is 1.04. The Morgan fingerprint density at radius 2 is 2.11 bits per heavy atom. The van der Waals surface area contributed by atoms with Crippen molar-refractivity contribution in [2.75, 3.05) is 12.3 Å². The molecule has 8 nitrogen and oxygen atoms in total. The zero-order chi connectivity index (χ0) is 13.2. The summed E-state index contributed by atoms with van der Waals surface area (Å²) in [6, 6.07) is 0. The van der Waals surface area contributed by atoms with Crippen molar-refractivity contribution in [3.8, 4) is 11.7 Å². The van der Waals surface area contributed by atoms with E-state index in [-0.39, 0.29) is 23.5 Å². The number of anilines is 1. The first-order chi connectivity index (χ1) is 8.44. The molecule has 0 amide bonds. The molecule has 18 heavy (non-hydrogen) atoms. The summed E-state index contributed by atoms with van der Waals surface area (Å²) in [6.07, 6.45) is -4.40. The predicted molar refractivity (Wildman–Crippen MR) is 49.8 cm³/mol. The maximum Gasteiger partial charge on any atom is 0.411 e. The standard InChI is InChI=1S/C7H7F3N6O2/c8-7(9,10)2-17-1-3-12-5(18-16-3)4-13-6(11)15-14-4/h1-2H2,(H3,11,13,14,15). The van der Waals surface area contributed by atoms with E-state index in [1.54, 1.807) is 0 Å². The molecule has 0 unspecified atom stereocenters. The van der Waals surface area contributed by atoms with Crippen LogP contribution < -0.4 is 5.73 Å². The third-order valence-corrected chi connectivity index (χ3v) is 1.67. The molecule has 0 bridgehead atoms. The number of rotatable bonds is 4.